The maximum absolute atomic E-state index is 13.1. The highest BCUT2D eigenvalue weighted by Crippen LogP contribution is 2.40. The first-order valence-electron chi connectivity index (χ1n) is 10.6. The first kappa shape index (κ1) is 22.8. The van der Waals surface area contributed by atoms with Crippen molar-refractivity contribution >= 4 is 29.1 Å². The maximum atomic E-state index is 13.1. The van der Waals surface area contributed by atoms with Crippen molar-refractivity contribution in [3.05, 3.63) is 88.2 Å². The molecule has 0 bridgehead atoms. The number of carbonyl (C=O) groups is 2. The molecule has 3 aromatic rings. The molecular formula is C25H25ClN4O3. The van der Waals surface area contributed by atoms with Gasteiger partial charge in [0.05, 0.1) is 34.8 Å². The van der Waals surface area contributed by atoms with Crippen LogP contribution in [0.5, 0.6) is 0 Å². The van der Waals surface area contributed by atoms with Crippen molar-refractivity contribution in [2.75, 3.05) is 27.2 Å². The minimum Gasteiger partial charge on any atom is -0.507 e. The number of carbonyl (C=O) groups excluding carboxylic acids is 2. The van der Waals surface area contributed by atoms with Gasteiger partial charge in [-0.3, -0.25) is 9.59 Å². The number of amides is 1. The number of aliphatic hydroxyl groups excluding tert-OH is 1. The molecule has 8 heteroatoms. The number of Topliss-reactive ketones (excluding diaryl/α,β-unsaturated/α-hetero) is 1. The Morgan fingerprint density at radius 3 is 2.39 bits per heavy atom. The standard InChI is InChI=1S/C25H25ClN4O3/c1-16-20(15-27-30(16)19-7-5-4-6-8-19)23(31)21-22(17-9-11-18(26)12-10-17)29(14-13-28(2)3)25(33)24(21)32/h4-12,15,22,31H,13-14H2,1-3H3/b23-21+/t22-/m0/s1. The number of likely N-dealkylation sites (N-methyl/N-ethyl adjacent to an activating group) is 1. The zero-order chi connectivity index (χ0) is 23.7. The summed E-state index contributed by atoms with van der Waals surface area (Å²) in [5, 5.41) is 16.3. The van der Waals surface area contributed by atoms with Gasteiger partial charge in [0.2, 0.25) is 0 Å². The maximum Gasteiger partial charge on any atom is 0.295 e. The summed E-state index contributed by atoms with van der Waals surface area (Å²) in [6, 6.07) is 15.7. The lowest BCUT2D eigenvalue weighted by Crippen LogP contribution is -2.35. The van der Waals surface area contributed by atoms with E-state index in [1.54, 1.807) is 28.9 Å². The molecule has 4 rings (SSSR count). The van der Waals surface area contributed by atoms with Crippen LogP contribution in [-0.2, 0) is 9.59 Å². The molecule has 0 aliphatic carbocycles. The van der Waals surface area contributed by atoms with Gasteiger partial charge in [0.1, 0.15) is 5.76 Å². The Morgan fingerprint density at radius 1 is 1.09 bits per heavy atom. The highest BCUT2D eigenvalue weighted by Gasteiger charge is 2.46. The Balaban J connectivity index is 1.84. The van der Waals surface area contributed by atoms with E-state index < -0.39 is 17.7 Å². The number of para-hydroxylation sites is 1. The highest BCUT2D eigenvalue weighted by atomic mass is 35.5. The molecule has 0 radical (unpaired) electrons. The van der Waals surface area contributed by atoms with E-state index in [1.807, 2.05) is 56.3 Å². The fourth-order valence-electron chi connectivity index (χ4n) is 4.03. The third kappa shape index (κ3) is 4.29. The third-order valence-corrected chi connectivity index (χ3v) is 6.03. The zero-order valence-electron chi connectivity index (χ0n) is 18.7. The van der Waals surface area contributed by atoms with Crippen LogP contribution in [0.25, 0.3) is 11.4 Å². The van der Waals surface area contributed by atoms with Crippen LogP contribution in [0, 0.1) is 6.92 Å². The Morgan fingerprint density at radius 2 is 1.76 bits per heavy atom. The van der Waals surface area contributed by atoms with E-state index in [0.717, 1.165) is 5.69 Å². The van der Waals surface area contributed by atoms with Crippen molar-refractivity contribution in [1.29, 1.82) is 0 Å². The van der Waals surface area contributed by atoms with Gasteiger partial charge >= 0.3 is 0 Å². The molecule has 0 unspecified atom stereocenters. The second-order valence-corrected chi connectivity index (χ2v) is 8.67. The van der Waals surface area contributed by atoms with Gasteiger partial charge in [-0.05, 0) is 50.8 Å². The van der Waals surface area contributed by atoms with Gasteiger partial charge in [-0.25, -0.2) is 4.68 Å². The van der Waals surface area contributed by atoms with Crippen molar-refractivity contribution in [2.24, 2.45) is 0 Å². The molecule has 1 N–H and O–H groups in total. The number of likely N-dealkylation sites (tertiary alicyclic amines) is 1. The lowest BCUT2D eigenvalue weighted by molar-refractivity contribution is -0.140. The summed E-state index contributed by atoms with van der Waals surface area (Å²) in [5.74, 6) is -1.58. The molecule has 1 saturated heterocycles. The fourth-order valence-corrected chi connectivity index (χ4v) is 4.15. The van der Waals surface area contributed by atoms with E-state index in [9.17, 15) is 14.7 Å². The van der Waals surface area contributed by atoms with Gasteiger partial charge in [-0.2, -0.15) is 5.10 Å². The number of benzene rings is 2. The zero-order valence-corrected chi connectivity index (χ0v) is 19.5. The van der Waals surface area contributed by atoms with Crippen LogP contribution in [0.15, 0.2) is 66.4 Å². The minimum atomic E-state index is -0.721. The molecule has 1 aliphatic heterocycles. The molecule has 1 aliphatic rings. The third-order valence-electron chi connectivity index (χ3n) is 5.78. The van der Waals surface area contributed by atoms with E-state index in [-0.39, 0.29) is 11.3 Å². The first-order chi connectivity index (χ1) is 15.8. The predicted molar refractivity (Wildman–Crippen MR) is 127 cm³/mol. The summed E-state index contributed by atoms with van der Waals surface area (Å²) in [6.07, 6.45) is 1.52. The number of aliphatic hydroxyl groups is 1. The molecule has 1 aromatic heterocycles. The van der Waals surface area contributed by atoms with Crippen LogP contribution in [0.3, 0.4) is 0 Å². The summed E-state index contributed by atoms with van der Waals surface area (Å²) < 4.78 is 1.69. The van der Waals surface area contributed by atoms with E-state index in [4.69, 9.17) is 11.6 Å². The molecule has 0 spiro atoms. The summed E-state index contributed by atoms with van der Waals surface area (Å²) in [4.78, 5) is 29.6. The van der Waals surface area contributed by atoms with Crippen LogP contribution in [-0.4, -0.2) is 63.6 Å². The first-order valence-corrected chi connectivity index (χ1v) is 11.0. The summed E-state index contributed by atoms with van der Waals surface area (Å²) >= 11 is 6.06. The van der Waals surface area contributed by atoms with Crippen molar-refractivity contribution in [2.45, 2.75) is 13.0 Å². The quantitative estimate of drug-likeness (QED) is 0.341. The van der Waals surface area contributed by atoms with Gasteiger partial charge < -0.3 is 14.9 Å². The largest absolute Gasteiger partial charge is 0.507 e. The predicted octanol–water partition coefficient (Wildman–Crippen LogP) is 3.82. The fraction of sp³-hybridized carbons (Fsp3) is 0.240. The van der Waals surface area contributed by atoms with Crippen LogP contribution in [0.2, 0.25) is 5.02 Å². The molecular weight excluding hydrogens is 440 g/mol. The van der Waals surface area contributed by atoms with Crippen molar-refractivity contribution < 1.29 is 14.7 Å². The molecule has 2 aromatic carbocycles. The molecule has 1 fully saturated rings. The summed E-state index contributed by atoms with van der Waals surface area (Å²) in [5.41, 5.74) is 2.65. The van der Waals surface area contributed by atoms with Crippen molar-refractivity contribution in [3.63, 3.8) is 0 Å². The van der Waals surface area contributed by atoms with E-state index >= 15 is 0 Å². The Hall–Kier alpha value is -3.42. The van der Waals surface area contributed by atoms with Crippen LogP contribution < -0.4 is 0 Å². The number of nitrogens with zero attached hydrogens (tertiary/aromatic N) is 4. The average molecular weight is 465 g/mol. The average Bonchev–Trinajstić information content (AvgIpc) is 3.30. The second kappa shape index (κ2) is 9.21. The van der Waals surface area contributed by atoms with Gasteiger partial charge in [-0.15, -0.1) is 0 Å². The monoisotopic (exact) mass is 464 g/mol. The van der Waals surface area contributed by atoms with E-state index in [2.05, 4.69) is 5.10 Å². The van der Waals surface area contributed by atoms with Crippen LogP contribution in [0.1, 0.15) is 22.9 Å². The Kier molecular flexibility index (Phi) is 6.35. The lowest BCUT2D eigenvalue weighted by Gasteiger charge is -2.26. The minimum absolute atomic E-state index is 0.0526. The number of hydrogen-bond donors (Lipinski definition) is 1. The number of hydrogen-bond acceptors (Lipinski definition) is 5. The molecule has 2 heterocycles. The highest BCUT2D eigenvalue weighted by molar-refractivity contribution is 6.46. The van der Waals surface area contributed by atoms with Gasteiger partial charge in [0.25, 0.3) is 11.7 Å². The summed E-state index contributed by atoms with van der Waals surface area (Å²) in [6.45, 7) is 2.72. The molecule has 0 saturated carbocycles. The van der Waals surface area contributed by atoms with E-state index in [1.165, 1.54) is 11.1 Å². The number of rotatable bonds is 6. The molecule has 1 atom stereocenters. The topological polar surface area (TPSA) is 78.7 Å². The second-order valence-electron chi connectivity index (χ2n) is 8.24. The van der Waals surface area contributed by atoms with Gasteiger partial charge in [0.15, 0.2) is 0 Å². The molecule has 33 heavy (non-hydrogen) atoms. The lowest BCUT2D eigenvalue weighted by atomic mass is 9.95. The number of aromatic nitrogens is 2. The van der Waals surface area contributed by atoms with Crippen LogP contribution >= 0.6 is 11.6 Å². The smallest absolute Gasteiger partial charge is 0.295 e. The Bertz CT molecular complexity index is 1220. The number of halogens is 1. The van der Waals surface area contributed by atoms with Gasteiger partial charge in [-0.1, -0.05) is 41.9 Å². The number of ketones is 1. The van der Waals surface area contributed by atoms with Gasteiger partial charge in [0, 0.05) is 18.1 Å². The molecule has 7 nitrogen and oxygen atoms in total. The summed E-state index contributed by atoms with van der Waals surface area (Å²) in [7, 11) is 3.80. The van der Waals surface area contributed by atoms with Crippen molar-refractivity contribution in [1.82, 2.24) is 19.6 Å². The van der Waals surface area contributed by atoms with E-state index in [0.29, 0.717) is 34.9 Å². The SMILES string of the molecule is Cc1c(/C(O)=C2\C(=O)C(=O)N(CCN(C)C)[C@H]2c2ccc(Cl)cc2)cnn1-c1ccccc1. The normalized spacial score (nSPS) is 17.8. The molecule has 1 amide bonds. The van der Waals surface area contributed by atoms with Crippen molar-refractivity contribution in [3.8, 4) is 5.69 Å². The Labute approximate surface area is 197 Å². The molecule has 170 valence electrons. The van der Waals surface area contributed by atoms with Crippen LogP contribution in [0.4, 0.5) is 0 Å².